The maximum absolute atomic E-state index is 13.1. The molecule has 5 nitrogen and oxygen atoms in total. The second-order valence-corrected chi connectivity index (χ2v) is 9.88. The highest BCUT2D eigenvalue weighted by atomic mass is 35.5. The number of hydrogen-bond acceptors (Lipinski definition) is 3. The number of carbonyl (C=O) groups is 1. The summed E-state index contributed by atoms with van der Waals surface area (Å²) in [6.45, 7) is 0. The van der Waals surface area contributed by atoms with Gasteiger partial charge in [0.05, 0.1) is 5.69 Å². The van der Waals surface area contributed by atoms with E-state index in [1.807, 2.05) is 18.3 Å². The molecule has 7 atom stereocenters. The third-order valence-electron chi connectivity index (χ3n) is 8.42. The zero-order valence-electron chi connectivity index (χ0n) is 17.0. The predicted molar refractivity (Wildman–Crippen MR) is 117 cm³/mol. The van der Waals surface area contributed by atoms with Crippen molar-refractivity contribution in [3.8, 4) is 0 Å². The number of amides is 1. The van der Waals surface area contributed by atoms with E-state index in [1.54, 1.807) is 6.20 Å². The van der Waals surface area contributed by atoms with Crippen LogP contribution in [0.3, 0.4) is 0 Å². The zero-order valence-corrected chi connectivity index (χ0v) is 17.7. The molecule has 0 aromatic carbocycles. The third-order valence-corrected chi connectivity index (χ3v) is 8.72. The van der Waals surface area contributed by atoms with Gasteiger partial charge in [0.25, 0.3) is 0 Å². The van der Waals surface area contributed by atoms with E-state index < -0.39 is 0 Å². The maximum atomic E-state index is 13.1. The summed E-state index contributed by atoms with van der Waals surface area (Å²) < 4.78 is 2.40. The normalized spacial score (nSPS) is 36.4. The summed E-state index contributed by atoms with van der Waals surface area (Å²) in [4.78, 5) is 21.7. The first-order valence-corrected chi connectivity index (χ1v) is 11.7. The number of nitrogens with zero attached hydrogens (tertiary/aromatic N) is 3. The Hall–Kier alpha value is -2.14. The molecule has 0 bridgehead atoms. The lowest BCUT2D eigenvalue weighted by atomic mass is 9.56. The van der Waals surface area contributed by atoms with Crippen LogP contribution in [-0.4, -0.2) is 20.4 Å². The molecule has 3 saturated carbocycles. The number of fused-ring (bicyclic) bond motifs is 7. The molecule has 156 valence electrons. The van der Waals surface area contributed by atoms with Crippen molar-refractivity contribution in [1.82, 2.24) is 14.5 Å². The van der Waals surface area contributed by atoms with E-state index in [4.69, 9.17) is 11.6 Å². The van der Waals surface area contributed by atoms with Crippen LogP contribution < -0.4 is 5.32 Å². The van der Waals surface area contributed by atoms with Crippen molar-refractivity contribution in [3.05, 3.63) is 47.8 Å². The summed E-state index contributed by atoms with van der Waals surface area (Å²) in [6, 6.07) is 4.21. The van der Waals surface area contributed by atoms with Crippen molar-refractivity contribution >= 4 is 29.3 Å². The van der Waals surface area contributed by atoms with Gasteiger partial charge in [-0.15, -0.1) is 0 Å². The number of carbonyl (C=O) groups excluding carboxylic acids is 1. The lowest BCUT2D eigenvalue weighted by molar-refractivity contribution is -0.122. The summed E-state index contributed by atoms with van der Waals surface area (Å²) in [5.74, 6) is 4.64. The first-order chi connectivity index (χ1) is 14.7. The summed E-state index contributed by atoms with van der Waals surface area (Å²) in [7, 11) is 0. The molecule has 30 heavy (non-hydrogen) atoms. The van der Waals surface area contributed by atoms with Crippen LogP contribution >= 0.6 is 11.6 Å². The van der Waals surface area contributed by atoms with Crippen molar-refractivity contribution in [1.29, 1.82) is 0 Å². The van der Waals surface area contributed by atoms with Crippen molar-refractivity contribution < 1.29 is 4.79 Å². The molecule has 1 aliphatic heterocycles. The Bertz CT molecular complexity index is 1000. The Morgan fingerprint density at radius 2 is 1.80 bits per heavy atom. The van der Waals surface area contributed by atoms with E-state index in [2.05, 4.69) is 38.2 Å². The van der Waals surface area contributed by atoms with Gasteiger partial charge in [-0.1, -0.05) is 17.7 Å². The SMILES string of the molecule is O=C(Nc1cccnc1Cl)[C@@H]1CC[C@H]2[C@@H]3CCC4[C@H](C=Cc5nccn54)[C@H]3CC[C@@H]21. The van der Waals surface area contributed by atoms with Gasteiger partial charge in [-0.3, -0.25) is 4.79 Å². The minimum atomic E-state index is 0.104. The van der Waals surface area contributed by atoms with E-state index in [-0.39, 0.29) is 11.8 Å². The highest BCUT2D eigenvalue weighted by Gasteiger charge is 2.52. The van der Waals surface area contributed by atoms with Gasteiger partial charge in [0.15, 0.2) is 5.15 Å². The molecular formula is C24H27ClN4O. The summed E-state index contributed by atoms with van der Waals surface area (Å²) in [5, 5.41) is 3.42. The van der Waals surface area contributed by atoms with E-state index in [0.29, 0.717) is 34.6 Å². The van der Waals surface area contributed by atoms with Gasteiger partial charge in [-0.2, -0.15) is 0 Å². The molecule has 1 unspecified atom stereocenters. The molecule has 1 amide bonds. The van der Waals surface area contributed by atoms with Crippen LogP contribution in [0.1, 0.15) is 50.4 Å². The maximum Gasteiger partial charge on any atom is 0.227 e. The molecule has 1 N–H and O–H groups in total. The van der Waals surface area contributed by atoms with Crippen molar-refractivity contribution in [2.45, 2.75) is 44.6 Å². The van der Waals surface area contributed by atoms with Crippen molar-refractivity contribution in [2.24, 2.45) is 35.5 Å². The highest BCUT2D eigenvalue weighted by Crippen LogP contribution is 2.58. The van der Waals surface area contributed by atoms with E-state index in [1.165, 1.54) is 32.1 Å². The number of nitrogens with one attached hydrogen (secondary N) is 1. The first kappa shape index (κ1) is 18.6. The summed E-state index contributed by atoms with van der Waals surface area (Å²) >= 11 is 6.16. The summed E-state index contributed by atoms with van der Waals surface area (Å²) in [6.07, 6.45) is 17.5. The number of halogens is 1. The number of aromatic nitrogens is 3. The van der Waals surface area contributed by atoms with Gasteiger partial charge in [0.1, 0.15) is 5.82 Å². The van der Waals surface area contributed by atoms with E-state index in [9.17, 15) is 4.79 Å². The largest absolute Gasteiger partial charge is 0.328 e. The molecule has 6 rings (SSSR count). The second kappa shape index (κ2) is 7.23. The zero-order chi connectivity index (χ0) is 20.2. The minimum absolute atomic E-state index is 0.104. The number of pyridine rings is 1. The van der Waals surface area contributed by atoms with Gasteiger partial charge in [0, 0.05) is 36.5 Å². The molecule has 2 aromatic heterocycles. The van der Waals surface area contributed by atoms with E-state index >= 15 is 0 Å². The average molecular weight is 423 g/mol. The number of rotatable bonds is 2. The Morgan fingerprint density at radius 1 is 1.00 bits per heavy atom. The van der Waals surface area contributed by atoms with Gasteiger partial charge >= 0.3 is 0 Å². The highest BCUT2D eigenvalue weighted by molar-refractivity contribution is 6.32. The quantitative estimate of drug-likeness (QED) is 0.675. The third kappa shape index (κ3) is 2.85. The Kier molecular flexibility index (Phi) is 4.48. The fourth-order valence-corrected chi connectivity index (χ4v) is 7.43. The Labute approximate surface area is 181 Å². The number of anilines is 1. The molecule has 4 aliphatic rings. The van der Waals surface area contributed by atoms with Gasteiger partial charge in [-0.25, -0.2) is 9.97 Å². The standard InChI is InChI=1S/C24H27ClN4O/c25-23-20(2-1-11-27-23)28-24(30)19-6-5-14-15-7-9-21-18(16(15)3-4-17(14)19)8-10-22-26-12-13-29(21)22/h1-2,8,10-19,21H,3-7,9H2,(H,28,30)/t14-,15-,16-,17-,18+,19+,21?/m0/s1. The number of allylic oxidation sites excluding steroid dienone is 1. The minimum Gasteiger partial charge on any atom is -0.328 e. The van der Waals surface area contributed by atoms with Crippen LogP contribution in [0.5, 0.6) is 0 Å². The Balaban J connectivity index is 1.19. The topological polar surface area (TPSA) is 59.8 Å². The molecule has 3 fully saturated rings. The molecule has 3 heterocycles. The molecular weight excluding hydrogens is 396 g/mol. The number of imidazole rings is 1. The van der Waals surface area contributed by atoms with Crippen LogP contribution in [0.4, 0.5) is 5.69 Å². The smallest absolute Gasteiger partial charge is 0.227 e. The molecule has 3 aliphatic carbocycles. The van der Waals surface area contributed by atoms with Gasteiger partial charge < -0.3 is 9.88 Å². The second-order valence-electron chi connectivity index (χ2n) is 9.52. The molecule has 6 heteroatoms. The Morgan fingerprint density at radius 3 is 2.70 bits per heavy atom. The molecule has 0 spiro atoms. The lowest BCUT2D eigenvalue weighted by Crippen LogP contribution is -2.44. The fraction of sp³-hybridized carbons (Fsp3) is 0.542. The summed E-state index contributed by atoms with van der Waals surface area (Å²) in [5.41, 5.74) is 0.630. The van der Waals surface area contributed by atoms with Crippen LogP contribution in [0.2, 0.25) is 5.15 Å². The molecule has 0 radical (unpaired) electrons. The van der Waals surface area contributed by atoms with Crippen LogP contribution in [0.15, 0.2) is 36.8 Å². The predicted octanol–water partition coefficient (Wildman–Crippen LogP) is 5.22. The van der Waals surface area contributed by atoms with Crippen LogP contribution in [0.25, 0.3) is 6.08 Å². The number of hydrogen-bond donors (Lipinski definition) is 1. The van der Waals surface area contributed by atoms with Gasteiger partial charge in [-0.05, 0) is 80.4 Å². The van der Waals surface area contributed by atoms with Gasteiger partial charge in [0.2, 0.25) is 5.91 Å². The first-order valence-electron chi connectivity index (χ1n) is 11.3. The van der Waals surface area contributed by atoms with E-state index in [0.717, 1.165) is 24.1 Å². The van der Waals surface area contributed by atoms with Crippen LogP contribution in [0, 0.1) is 35.5 Å². The fourth-order valence-electron chi connectivity index (χ4n) is 7.27. The average Bonchev–Trinajstić information content (AvgIpc) is 3.42. The van der Waals surface area contributed by atoms with Crippen LogP contribution in [-0.2, 0) is 4.79 Å². The lowest BCUT2D eigenvalue weighted by Gasteiger charge is -2.51. The van der Waals surface area contributed by atoms with Crippen molar-refractivity contribution in [3.63, 3.8) is 0 Å². The van der Waals surface area contributed by atoms with Crippen molar-refractivity contribution in [2.75, 3.05) is 5.32 Å². The monoisotopic (exact) mass is 422 g/mol. The molecule has 2 aromatic rings. The molecule has 0 saturated heterocycles.